The predicted octanol–water partition coefficient (Wildman–Crippen LogP) is 1.59. The van der Waals surface area contributed by atoms with Gasteiger partial charge in [0.05, 0.1) is 35.3 Å². The molecule has 18 heavy (non-hydrogen) atoms. The van der Waals surface area contributed by atoms with Crippen molar-refractivity contribution in [2.45, 2.75) is 26.3 Å². The van der Waals surface area contributed by atoms with Crippen molar-refractivity contribution in [3.05, 3.63) is 0 Å². The number of hydrogen-bond donors (Lipinski definition) is 4. The second kappa shape index (κ2) is 8.82. The summed E-state index contributed by atoms with van der Waals surface area (Å²) < 4.78 is 4.30. The summed E-state index contributed by atoms with van der Waals surface area (Å²) in [6.45, 7) is 5.96. The van der Waals surface area contributed by atoms with Crippen molar-refractivity contribution >= 4 is 82.8 Å². The van der Waals surface area contributed by atoms with E-state index in [1.54, 1.807) is 4.31 Å². The molecular formula is C8H15IN6S3. The van der Waals surface area contributed by atoms with Gasteiger partial charge in [-0.2, -0.15) is 10.2 Å². The maximum Gasteiger partial charge on any atom is 0.200 e. The van der Waals surface area contributed by atoms with E-state index in [0.717, 1.165) is 0 Å². The summed E-state index contributed by atoms with van der Waals surface area (Å²) >= 11 is 16.1. The molecule has 0 bridgehead atoms. The fraction of sp³-hybridized carbons (Fsp3) is 0.500. The highest BCUT2D eigenvalue weighted by Gasteiger charge is 2.20. The van der Waals surface area contributed by atoms with Gasteiger partial charge in [0.25, 0.3) is 0 Å². The smallest absolute Gasteiger partial charge is 0.200 e. The van der Waals surface area contributed by atoms with E-state index in [2.05, 4.69) is 37.4 Å². The number of nitrogens with zero attached hydrogens (tertiary/aromatic N) is 3. The summed E-state index contributed by atoms with van der Waals surface area (Å²) in [7, 11) is 0. The van der Waals surface area contributed by atoms with Crippen molar-refractivity contribution in [2.24, 2.45) is 10.2 Å². The average molecular weight is 418 g/mol. The minimum atomic E-state index is -0.184. The molecule has 0 spiro atoms. The van der Waals surface area contributed by atoms with Crippen molar-refractivity contribution in [1.82, 2.24) is 18.7 Å². The van der Waals surface area contributed by atoms with E-state index in [1.807, 2.05) is 43.6 Å². The van der Waals surface area contributed by atoms with E-state index in [-0.39, 0.29) is 5.54 Å². The lowest BCUT2D eigenvalue weighted by Crippen LogP contribution is -2.42. The second-order valence-corrected chi connectivity index (χ2v) is 5.73. The average Bonchev–Trinajstić information content (AvgIpc) is 2.30. The van der Waals surface area contributed by atoms with E-state index in [9.17, 15) is 0 Å². The van der Waals surface area contributed by atoms with Gasteiger partial charge in [-0.05, 0) is 45.2 Å². The number of halogens is 1. The Balaban J connectivity index is 4.03. The molecule has 3 N–H and O–H groups in total. The zero-order chi connectivity index (χ0) is 14.2. The minimum absolute atomic E-state index is 0.184. The minimum Gasteiger partial charge on any atom is -0.304 e. The van der Waals surface area contributed by atoms with Crippen molar-refractivity contribution in [2.75, 3.05) is 0 Å². The summed E-state index contributed by atoms with van der Waals surface area (Å²) in [6.07, 6.45) is 2.88. The van der Waals surface area contributed by atoms with Gasteiger partial charge in [-0.3, -0.25) is 15.2 Å². The maximum absolute atomic E-state index is 5.10. The van der Waals surface area contributed by atoms with Crippen LogP contribution in [0.2, 0.25) is 0 Å². The van der Waals surface area contributed by atoms with Crippen molar-refractivity contribution in [3.63, 3.8) is 0 Å². The van der Waals surface area contributed by atoms with Crippen LogP contribution in [-0.2, 0) is 0 Å². The van der Waals surface area contributed by atoms with Crippen LogP contribution in [0.15, 0.2) is 10.2 Å². The lowest BCUT2D eigenvalue weighted by Gasteiger charge is -2.31. The summed E-state index contributed by atoms with van der Waals surface area (Å²) in [5.74, 6) is 0. The molecule has 0 aromatic heterocycles. The highest BCUT2D eigenvalue weighted by Crippen LogP contribution is 2.15. The van der Waals surface area contributed by atoms with Crippen LogP contribution in [-0.4, -0.2) is 32.5 Å². The van der Waals surface area contributed by atoms with Gasteiger partial charge in [0.15, 0.2) is 10.2 Å². The van der Waals surface area contributed by atoms with Gasteiger partial charge in [-0.15, -0.1) is 0 Å². The Hall–Kier alpha value is -0.200. The lowest BCUT2D eigenvalue weighted by molar-refractivity contribution is 0.378. The van der Waals surface area contributed by atoms with Crippen LogP contribution in [0.25, 0.3) is 0 Å². The Morgan fingerprint density at radius 2 is 1.72 bits per heavy atom. The molecule has 0 amide bonds. The Labute approximate surface area is 137 Å². The van der Waals surface area contributed by atoms with Gasteiger partial charge in [0, 0.05) is 5.54 Å². The molecule has 0 saturated heterocycles. The first kappa shape index (κ1) is 17.8. The molecule has 0 aromatic carbocycles. The number of rotatable bonds is 3. The van der Waals surface area contributed by atoms with Crippen LogP contribution in [0.1, 0.15) is 20.8 Å². The standard InChI is InChI=1S/C8H15IN6S3/c1-8(2,3)15(18)7(17)14-11-5-4-10-13-6(16)12-9/h4-5,18H,1-3H3,(H,14,17)(H2,12,13,16)/b10-4+,11-5+. The fourth-order valence-electron chi connectivity index (χ4n) is 0.628. The van der Waals surface area contributed by atoms with E-state index >= 15 is 0 Å². The first-order valence-corrected chi connectivity index (χ1v) is 7.09. The summed E-state index contributed by atoms with van der Waals surface area (Å²) in [5, 5.41) is 8.48. The maximum atomic E-state index is 5.10. The van der Waals surface area contributed by atoms with Crippen LogP contribution in [0.5, 0.6) is 0 Å². The first-order valence-electron chi connectivity index (χ1n) is 4.79. The third-order valence-corrected chi connectivity index (χ3v) is 3.76. The van der Waals surface area contributed by atoms with Crippen LogP contribution < -0.4 is 14.4 Å². The highest BCUT2D eigenvalue weighted by molar-refractivity contribution is 14.1. The molecule has 0 aliphatic rings. The van der Waals surface area contributed by atoms with E-state index in [4.69, 9.17) is 24.4 Å². The van der Waals surface area contributed by atoms with Gasteiger partial charge in [0.1, 0.15) is 0 Å². The Morgan fingerprint density at radius 3 is 2.17 bits per heavy atom. The van der Waals surface area contributed by atoms with Crippen molar-refractivity contribution in [3.8, 4) is 0 Å². The van der Waals surface area contributed by atoms with Gasteiger partial charge >= 0.3 is 0 Å². The Morgan fingerprint density at radius 1 is 1.22 bits per heavy atom. The second-order valence-electron chi connectivity index (χ2n) is 3.99. The van der Waals surface area contributed by atoms with Crippen LogP contribution in [0.3, 0.4) is 0 Å². The molecule has 0 atom stereocenters. The lowest BCUT2D eigenvalue weighted by atomic mass is 10.1. The molecule has 0 aliphatic carbocycles. The monoisotopic (exact) mass is 418 g/mol. The molecule has 0 saturated carbocycles. The quantitative estimate of drug-likeness (QED) is 0.140. The summed E-state index contributed by atoms with van der Waals surface area (Å²) in [5.41, 5.74) is 5.06. The molecule has 0 fully saturated rings. The van der Waals surface area contributed by atoms with Crippen LogP contribution in [0, 0.1) is 0 Å². The first-order chi connectivity index (χ1) is 8.29. The SMILES string of the molecule is CC(C)(C)N(S)C(=S)N/N=C/C=N/NC(=S)NI. The zero-order valence-corrected chi connectivity index (χ0v) is 14.8. The van der Waals surface area contributed by atoms with Gasteiger partial charge in [0.2, 0.25) is 0 Å². The molecule has 0 unspecified atom stereocenters. The molecule has 10 heteroatoms. The molecule has 0 aliphatic heterocycles. The Kier molecular flexibility index (Phi) is 8.73. The topological polar surface area (TPSA) is 64.0 Å². The van der Waals surface area contributed by atoms with Gasteiger partial charge in [-0.25, -0.2) is 0 Å². The molecular weight excluding hydrogens is 403 g/mol. The van der Waals surface area contributed by atoms with Gasteiger partial charge in [-0.1, -0.05) is 12.8 Å². The molecule has 6 nitrogen and oxygen atoms in total. The van der Waals surface area contributed by atoms with E-state index in [0.29, 0.717) is 10.2 Å². The Bertz CT molecular complexity index is 351. The number of thiocarbonyl (C=S) groups is 2. The van der Waals surface area contributed by atoms with E-state index in [1.165, 1.54) is 12.4 Å². The number of hydrogen-bond acceptors (Lipinski definition) is 5. The number of hydrazone groups is 2. The third kappa shape index (κ3) is 8.00. The van der Waals surface area contributed by atoms with Crippen LogP contribution >= 0.6 is 60.1 Å². The molecule has 102 valence electrons. The number of nitrogens with one attached hydrogen (secondary N) is 3. The highest BCUT2D eigenvalue weighted by atomic mass is 127. The molecule has 0 radical (unpaired) electrons. The van der Waals surface area contributed by atoms with Crippen molar-refractivity contribution in [1.29, 1.82) is 0 Å². The fourth-order valence-corrected chi connectivity index (χ4v) is 1.17. The number of thiol groups is 1. The van der Waals surface area contributed by atoms with E-state index < -0.39 is 0 Å². The predicted molar refractivity (Wildman–Crippen MR) is 96.2 cm³/mol. The van der Waals surface area contributed by atoms with Crippen molar-refractivity contribution < 1.29 is 0 Å². The normalized spacial score (nSPS) is 11.6. The van der Waals surface area contributed by atoms with Gasteiger partial charge < -0.3 is 3.53 Å². The summed E-state index contributed by atoms with van der Waals surface area (Å²) in [6, 6.07) is 0. The zero-order valence-electron chi connectivity index (χ0n) is 10.1. The largest absolute Gasteiger partial charge is 0.304 e. The van der Waals surface area contributed by atoms with Crippen LogP contribution in [0.4, 0.5) is 0 Å². The molecule has 0 aromatic rings. The molecule has 0 heterocycles. The molecule has 0 rings (SSSR count). The third-order valence-electron chi connectivity index (χ3n) is 1.46. The summed E-state index contributed by atoms with van der Waals surface area (Å²) in [4.78, 5) is 0.